The van der Waals surface area contributed by atoms with Gasteiger partial charge < -0.3 is 24.8 Å². The minimum absolute atomic E-state index is 0.0132. The summed E-state index contributed by atoms with van der Waals surface area (Å²) in [4.78, 5) is 41.5. The number of hydrogen-bond donors (Lipinski definition) is 2. The molecular formula is C26H37N3O6. The summed E-state index contributed by atoms with van der Waals surface area (Å²) in [5.74, 6) is -1.30. The van der Waals surface area contributed by atoms with Crippen LogP contribution in [0.4, 0.5) is 0 Å². The van der Waals surface area contributed by atoms with Gasteiger partial charge >= 0.3 is 5.97 Å². The lowest BCUT2D eigenvalue weighted by molar-refractivity contribution is -0.143. The highest BCUT2D eigenvalue weighted by Crippen LogP contribution is 2.42. The number of carbonyl (C=O) groups is 3. The fourth-order valence-corrected chi connectivity index (χ4v) is 4.74. The molecule has 192 valence electrons. The molecule has 2 heterocycles. The second-order valence-electron chi connectivity index (χ2n) is 9.06. The van der Waals surface area contributed by atoms with Gasteiger partial charge in [0.2, 0.25) is 18.6 Å². The van der Waals surface area contributed by atoms with Crippen molar-refractivity contribution in [3.05, 3.63) is 35.9 Å². The molecule has 9 heteroatoms. The van der Waals surface area contributed by atoms with Crippen LogP contribution in [0.1, 0.15) is 51.0 Å². The molecule has 2 N–H and O–H groups in total. The zero-order valence-electron chi connectivity index (χ0n) is 20.9. The van der Waals surface area contributed by atoms with Gasteiger partial charge in [-0.25, -0.2) is 0 Å². The smallest absolute Gasteiger partial charge is 0.309 e. The second kappa shape index (κ2) is 12.6. The van der Waals surface area contributed by atoms with Crippen LogP contribution < -0.4 is 14.8 Å². The maximum atomic E-state index is 13.3. The van der Waals surface area contributed by atoms with Gasteiger partial charge in [0, 0.05) is 44.7 Å². The van der Waals surface area contributed by atoms with E-state index in [2.05, 4.69) is 19.2 Å². The number of likely N-dealkylation sites (N-methyl/N-ethyl adjacent to an activating group) is 1. The Morgan fingerprint density at radius 1 is 1.14 bits per heavy atom. The molecule has 1 aromatic carbocycles. The standard InChI is InChI=1S/C26H37N3O6/c1-4-6-12-28(13-7-5-2)24(31)16-29-15-19(18-8-10-21-22(14-18)35-17-34-21)25(26(32)33)20(29)9-11-23(30)27-3/h8-11,14,19-20,25H,4-7,12-13,15-17H2,1-3H3,(H,27,30)(H,32,33)/b11-9+. The van der Waals surface area contributed by atoms with E-state index in [1.165, 1.54) is 13.1 Å². The third-order valence-corrected chi connectivity index (χ3v) is 6.71. The van der Waals surface area contributed by atoms with Crippen LogP contribution in [-0.2, 0) is 14.4 Å². The molecule has 0 radical (unpaired) electrons. The number of aliphatic carboxylic acids is 1. The number of amides is 2. The van der Waals surface area contributed by atoms with Crippen LogP contribution in [-0.4, -0.2) is 78.8 Å². The Hall–Kier alpha value is -3.07. The van der Waals surface area contributed by atoms with Crippen molar-refractivity contribution in [3.63, 3.8) is 0 Å². The number of nitrogens with one attached hydrogen (secondary N) is 1. The maximum Gasteiger partial charge on any atom is 0.309 e. The molecule has 9 nitrogen and oxygen atoms in total. The Morgan fingerprint density at radius 3 is 2.46 bits per heavy atom. The molecule has 35 heavy (non-hydrogen) atoms. The number of benzene rings is 1. The Balaban J connectivity index is 1.89. The number of carbonyl (C=O) groups excluding carboxylic acids is 2. The Morgan fingerprint density at radius 2 is 1.83 bits per heavy atom. The van der Waals surface area contributed by atoms with E-state index in [1.807, 2.05) is 21.9 Å². The largest absolute Gasteiger partial charge is 0.481 e. The predicted molar refractivity (Wildman–Crippen MR) is 131 cm³/mol. The van der Waals surface area contributed by atoms with Crippen molar-refractivity contribution in [2.75, 3.05) is 40.0 Å². The third kappa shape index (κ3) is 6.54. The van der Waals surface area contributed by atoms with Gasteiger partial charge in [-0.2, -0.15) is 0 Å². The van der Waals surface area contributed by atoms with Crippen molar-refractivity contribution in [2.24, 2.45) is 5.92 Å². The Bertz CT molecular complexity index is 926. The molecule has 3 unspecified atom stereocenters. The van der Waals surface area contributed by atoms with Gasteiger partial charge in [0.1, 0.15) is 0 Å². The van der Waals surface area contributed by atoms with Gasteiger partial charge in [-0.3, -0.25) is 19.3 Å². The average Bonchev–Trinajstić information content (AvgIpc) is 3.46. The van der Waals surface area contributed by atoms with E-state index < -0.39 is 17.9 Å². The van der Waals surface area contributed by atoms with Crippen LogP contribution in [0.3, 0.4) is 0 Å². The lowest BCUT2D eigenvalue weighted by Gasteiger charge is -2.28. The molecule has 0 spiro atoms. The highest BCUT2D eigenvalue weighted by Gasteiger charge is 2.46. The molecule has 1 fully saturated rings. The molecule has 0 aromatic heterocycles. The molecule has 1 aromatic rings. The summed E-state index contributed by atoms with van der Waals surface area (Å²) in [7, 11) is 1.52. The summed E-state index contributed by atoms with van der Waals surface area (Å²) in [5, 5.41) is 12.7. The number of unbranched alkanes of at least 4 members (excludes halogenated alkanes) is 2. The second-order valence-corrected chi connectivity index (χ2v) is 9.06. The van der Waals surface area contributed by atoms with E-state index in [1.54, 1.807) is 12.1 Å². The van der Waals surface area contributed by atoms with Crippen LogP contribution in [0.2, 0.25) is 0 Å². The summed E-state index contributed by atoms with van der Waals surface area (Å²) in [6.45, 7) is 6.18. The van der Waals surface area contributed by atoms with Gasteiger partial charge in [0.25, 0.3) is 0 Å². The number of ether oxygens (including phenoxy) is 2. The number of carboxylic acids is 1. The highest BCUT2D eigenvalue weighted by atomic mass is 16.7. The summed E-state index contributed by atoms with van der Waals surface area (Å²) >= 11 is 0. The number of hydrogen-bond acceptors (Lipinski definition) is 6. The van der Waals surface area contributed by atoms with Crippen LogP contribution in [0, 0.1) is 5.92 Å². The number of rotatable bonds is 12. The first-order chi connectivity index (χ1) is 16.9. The fourth-order valence-electron chi connectivity index (χ4n) is 4.74. The molecule has 0 saturated carbocycles. The van der Waals surface area contributed by atoms with E-state index in [0.717, 1.165) is 31.2 Å². The Kier molecular flexibility index (Phi) is 9.54. The molecule has 0 bridgehead atoms. The van der Waals surface area contributed by atoms with E-state index in [4.69, 9.17) is 9.47 Å². The Labute approximate surface area is 207 Å². The molecule has 2 aliphatic heterocycles. The van der Waals surface area contributed by atoms with Crippen molar-refractivity contribution in [1.29, 1.82) is 0 Å². The zero-order valence-corrected chi connectivity index (χ0v) is 20.9. The van der Waals surface area contributed by atoms with Crippen LogP contribution >= 0.6 is 0 Å². The minimum atomic E-state index is -0.969. The van der Waals surface area contributed by atoms with E-state index in [0.29, 0.717) is 31.1 Å². The van der Waals surface area contributed by atoms with E-state index >= 15 is 0 Å². The van der Waals surface area contributed by atoms with E-state index in [-0.39, 0.29) is 31.1 Å². The number of carboxylic acid groups (broad SMARTS) is 1. The summed E-state index contributed by atoms with van der Waals surface area (Å²) in [6, 6.07) is 4.86. The fraction of sp³-hybridized carbons (Fsp3) is 0.577. The monoisotopic (exact) mass is 487 g/mol. The normalized spacial score (nSPS) is 21.4. The first-order valence-corrected chi connectivity index (χ1v) is 12.4. The minimum Gasteiger partial charge on any atom is -0.481 e. The molecule has 3 atom stereocenters. The van der Waals surface area contributed by atoms with Crippen LogP contribution in [0.15, 0.2) is 30.4 Å². The predicted octanol–water partition coefficient (Wildman–Crippen LogP) is 2.61. The SMILES string of the molecule is CCCCN(CCCC)C(=O)CN1CC(c2ccc3c(c2)OCO3)C(C(=O)O)C1/C=C/C(=O)NC. The van der Waals surface area contributed by atoms with Crippen molar-refractivity contribution in [1.82, 2.24) is 15.1 Å². The van der Waals surface area contributed by atoms with Crippen molar-refractivity contribution >= 4 is 17.8 Å². The highest BCUT2D eigenvalue weighted by molar-refractivity contribution is 5.87. The van der Waals surface area contributed by atoms with Gasteiger partial charge in [0.15, 0.2) is 11.5 Å². The first-order valence-electron chi connectivity index (χ1n) is 12.4. The quantitative estimate of drug-likeness (QED) is 0.436. The van der Waals surface area contributed by atoms with Crippen molar-refractivity contribution in [2.45, 2.75) is 51.5 Å². The zero-order chi connectivity index (χ0) is 25.4. The summed E-state index contributed by atoms with van der Waals surface area (Å²) in [5.41, 5.74) is 0.809. The van der Waals surface area contributed by atoms with Gasteiger partial charge in [-0.1, -0.05) is 38.8 Å². The number of nitrogens with zero attached hydrogens (tertiary/aromatic N) is 2. The van der Waals surface area contributed by atoms with Crippen molar-refractivity contribution in [3.8, 4) is 11.5 Å². The number of likely N-dealkylation sites (tertiary alicyclic amines) is 1. The van der Waals surface area contributed by atoms with Crippen molar-refractivity contribution < 1.29 is 29.0 Å². The molecule has 1 saturated heterocycles. The molecule has 0 aliphatic carbocycles. The maximum absolute atomic E-state index is 13.3. The van der Waals surface area contributed by atoms with E-state index in [9.17, 15) is 19.5 Å². The van der Waals surface area contributed by atoms with Gasteiger partial charge in [-0.05, 0) is 30.5 Å². The van der Waals surface area contributed by atoms with Crippen LogP contribution in [0.5, 0.6) is 11.5 Å². The number of fused-ring (bicyclic) bond motifs is 1. The third-order valence-electron chi connectivity index (χ3n) is 6.71. The van der Waals surface area contributed by atoms with Crippen LogP contribution in [0.25, 0.3) is 0 Å². The molecular weight excluding hydrogens is 450 g/mol. The first kappa shape index (κ1) is 26.5. The molecule has 2 amide bonds. The lowest BCUT2D eigenvalue weighted by atomic mass is 9.85. The topological polar surface area (TPSA) is 108 Å². The van der Waals surface area contributed by atoms with Gasteiger partial charge in [-0.15, -0.1) is 0 Å². The lowest BCUT2D eigenvalue weighted by Crippen LogP contribution is -2.44. The molecule has 3 rings (SSSR count). The summed E-state index contributed by atoms with van der Waals surface area (Å²) < 4.78 is 10.9. The average molecular weight is 488 g/mol. The van der Waals surface area contributed by atoms with Gasteiger partial charge in [0.05, 0.1) is 12.5 Å². The summed E-state index contributed by atoms with van der Waals surface area (Å²) in [6.07, 6.45) is 6.79. The molecule has 2 aliphatic rings.